The van der Waals surface area contributed by atoms with Crippen LogP contribution in [0.1, 0.15) is 0 Å². The van der Waals surface area contributed by atoms with Gasteiger partial charge < -0.3 is 9.72 Å². The first-order chi connectivity index (χ1) is 6.79. The average molecular weight is 208 g/mol. The fraction of sp³-hybridized carbons (Fsp3) is 0.111. The van der Waals surface area contributed by atoms with E-state index in [1.54, 1.807) is 24.5 Å². The Bertz CT molecular complexity index is 467. The molecule has 1 heterocycles. The minimum atomic E-state index is -0.368. The zero-order valence-electron chi connectivity index (χ0n) is 7.23. The van der Waals surface area contributed by atoms with Crippen LogP contribution in [-0.4, -0.2) is 21.7 Å². The molecular formula is C9H8N2O2S. The standard InChI is InChI=1S/C9H8N2O2S/c12-9(4-14)13-6-1-2-7-8(3-6)11-5-10-7/h1-3,5,14H,4H2,(H,10,11). The van der Waals surface area contributed by atoms with Crippen molar-refractivity contribution in [2.75, 3.05) is 5.75 Å². The number of imidazole rings is 1. The molecule has 0 saturated heterocycles. The molecule has 72 valence electrons. The number of esters is 1. The van der Waals surface area contributed by atoms with Crippen molar-refractivity contribution in [2.45, 2.75) is 0 Å². The summed E-state index contributed by atoms with van der Waals surface area (Å²) in [5.41, 5.74) is 1.69. The highest BCUT2D eigenvalue weighted by Crippen LogP contribution is 2.17. The first-order valence-electron chi connectivity index (χ1n) is 4.04. The van der Waals surface area contributed by atoms with E-state index in [9.17, 15) is 4.79 Å². The van der Waals surface area contributed by atoms with Crippen LogP contribution in [-0.2, 0) is 4.79 Å². The van der Waals surface area contributed by atoms with Gasteiger partial charge in [0.25, 0.3) is 0 Å². The van der Waals surface area contributed by atoms with Crippen molar-refractivity contribution >= 4 is 29.6 Å². The van der Waals surface area contributed by atoms with Gasteiger partial charge in [-0.3, -0.25) is 4.79 Å². The Morgan fingerprint density at radius 3 is 3.21 bits per heavy atom. The fourth-order valence-corrected chi connectivity index (χ4v) is 1.21. The Labute approximate surface area is 85.7 Å². The molecule has 0 radical (unpaired) electrons. The molecule has 0 aliphatic carbocycles. The molecule has 1 aromatic carbocycles. The van der Waals surface area contributed by atoms with Crippen molar-refractivity contribution in [3.8, 4) is 5.75 Å². The van der Waals surface area contributed by atoms with Crippen molar-refractivity contribution in [3.63, 3.8) is 0 Å². The summed E-state index contributed by atoms with van der Waals surface area (Å²) in [5.74, 6) is 0.203. The van der Waals surface area contributed by atoms with E-state index in [4.69, 9.17) is 4.74 Å². The number of carbonyl (C=O) groups excluding carboxylic acids is 1. The minimum absolute atomic E-state index is 0.0704. The van der Waals surface area contributed by atoms with Crippen LogP contribution in [0.2, 0.25) is 0 Å². The number of aromatic amines is 1. The molecule has 0 bridgehead atoms. The molecule has 0 spiro atoms. The zero-order valence-corrected chi connectivity index (χ0v) is 8.12. The zero-order chi connectivity index (χ0) is 9.97. The van der Waals surface area contributed by atoms with Gasteiger partial charge in [-0.1, -0.05) is 0 Å². The lowest BCUT2D eigenvalue weighted by Gasteiger charge is -2.01. The van der Waals surface area contributed by atoms with Gasteiger partial charge in [-0.15, -0.1) is 0 Å². The van der Waals surface area contributed by atoms with Crippen LogP contribution in [0.5, 0.6) is 5.75 Å². The first kappa shape index (κ1) is 9.08. The molecule has 4 nitrogen and oxygen atoms in total. The van der Waals surface area contributed by atoms with Gasteiger partial charge in [0.1, 0.15) is 5.75 Å². The highest BCUT2D eigenvalue weighted by Gasteiger charge is 2.03. The van der Waals surface area contributed by atoms with E-state index in [0.717, 1.165) is 11.0 Å². The number of carbonyl (C=O) groups is 1. The molecule has 0 amide bonds. The van der Waals surface area contributed by atoms with E-state index in [-0.39, 0.29) is 11.7 Å². The topological polar surface area (TPSA) is 55.0 Å². The van der Waals surface area contributed by atoms with Crippen LogP contribution in [0, 0.1) is 0 Å². The van der Waals surface area contributed by atoms with Crippen molar-refractivity contribution in [2.24, 2.45) is 0 Å². The molecular weight excluding hydrogens is 200 g/mol. The number of nitrogens with zero attached hydrogens (tertiary/aromatic N) is 1. The Morgan fingerprint density at radius 1 is 1.57 bits per heavy atom. The summed E-state index contributed by atoms with van der Waals surface area (Å²) in [6, 6.07) is 5.21. The maximum Gasteiger partial charge on any atom is 0.321 e. The van der Waals surface area contributed by atoms with Crippen LogP contribution < -0.4 is 4.74 Å². The molecule has 1 N–H and O–H groups in total. The highest BCUT2D eigenvalue weighted by molar-refractivity contribution is 7.81. The van der Waals surface area contributed by atoms with Gasteiger partial charge >= 0.3 is 5.97 Å². The van der Waals surface area contributed by atoms with Gasteiger partial charge in [0.15, 0.2) is 0 Å². The SMILES string of the molecule is O=C(CS)Oc1ccc2nc[nH]c2c1. The lowest BCUT2D eigenvalue weighted by molar-refractivity contribution is -0.131. The monoisotopic (exact) mass is 208 g/mol. The molecule has 2 rings (SSSR count). The number of H-pyrrole nitrogens is 1. The summed E-state index contributed by atoms with van der Waals surface area (Å²) in [5, 5.41) is 0. The van der Waals surface area contributed by atoms with Crippen LogP contribution in [0.4, 0.5) is 0 Å². The van der Waals surface area contributed by atoms with Crippen LogP contribution in [0.3, 0.4) is 0 Å². The smallest absolute Gasteiger partial charge is 0.321 e. The van der Waals surface area contributed by atoms with Crippen LogP contribution in [0.15, 0.2) is 24.5 Å². The highest BCUT2D eigenvalue weighted by atomic mass is 32.1. The quantitative estimate of drug-likeness (QED) is 0.445. The van der Waals surface area contributed by atoms with Gasteiger partial charge in [0, 0.05) is 6.07 Å². The maximum absolute atomic E-state index is 10.9. The van der Waals surface area contributed by atoms with Crippen molar-refractivity contribution in [1.29, 1.82) is 0 Å². The normalized spacial score (nSPS) is 10.4. The van der Waals surface area contributed by atoms with Crippen molar-refractivity contribution < 1.29 is 9.53 Å². The molecule has 14 heavy (non-hydrogen) atoms. The number of rotatable bonds is 2. The van der Waals surface area contributed by atoms with Crippen molar-refractivity contribution in [1.82, 2.24) is 9.97 Å². The van der Waals surface area contributed by atoms with E-state index in [2.05, 4.69) is 22.6 Å². The van der Waals surface area contributed by atoms with Gasteiger partial charge in [-0.25, -0.2) is 4.98 Å². The fourth-order valence-electron chi connectivity index (χ4n) is 1.14. The van der Waals surface area contributed by atoms with E-state index in [1.165, 1.54) is 0 Å². The van der Waals surface area contributed by atoms with E-state index in [1.807, 2.05) is 0 Å². The van der Waals surface area contributed by atoms with Crippen molar-refractivity contribution in [3.05, 3.63) is 24.5 Å². The van der Waals surface area contributed by atoms with Gasteiger partial charge in [0.05, 0.1) is 23.1 Å². The molecule has 0 saturated carbocycles. The molecule has 5 heteroatoms. The average Bonchev–Trinajstić information content (AvgIpc) is 2.64. The molecule has 0 unspecified atom stereocenters. The Balaban J connectivity index is 2.30. The first-order valence-corrected chi connectivity index (χ1v) is 4.67. The van der Waals surface area contributed by atoms with E-state index >= 15 is 0 Å². The third-order valence-electron chi connectivity index (χ3n) is 1.75. The predicted molar refractivity (Wildman–Crippen MR) is 55.6 cm³/mol. The molecule has 0 atom stereocenters. The molecule has 1 aromatic heterocycles. The minimum Gasteiger partial charge on any atom is -0.426 e. The summed E-state index contributed by atoms with van der Waals surface area (Å²) in [6.45, 7) is 0. The Hall–Kier alpha value is -1.49. The predicted octanol–water partition coefficient (Wildman–Crippen LogP) is 1.40. The van der Waals surface area contributed by atoms with Crippen LogP contribution in [0.25, 0.3) is 11.0 Å². The lowest BCUT2D eigenvalue weighted by Crippen LogP contribution is -2.08. The lowest BCUT2D eigenvalue weighted by atomic mass is 10.3. The number of benzene rings is 1. The maximum atomic E-state index is 10.9. The second kappa shape index (κ2) is 3.71. The number of fused-ring (bicyclic) bond motifs is 1. The molecule has 0 fully saturated rings. The molecule has 0 aliphatic rings. The third-order valence-corrected chi connectivity index (χ3v) is 2.01. The largest absolute Gasteiger partial charge is 0.426 e. The second-order valence-electron chi connectivity index (χ2n) is 2.71. The van der Waals surface area contributed by atoms with Gasteiger partial charge in [-0.2, -0.15) is 12.6 Å². The Morgan fingerprint density at radius 2 is 2.43 bits per heavy atom. The summed E-state index contributed by atoms with van der Waals surface area (Å²) < 4.78 is 4.98. The molecule has 0 aliphatic heterocycles. The summed E-state index contributed by atoms with van der Waals surface area (Å²) >= 11 is 3.81. The number of aromatic nitrogens is 2. The van der Waals surface area contributed by atoms with Crippen LogP contribution >= 0.6 is 12.6 Å². The number of hydrogen-bond donors (Lipinski definition) is 2. The number of ether oxygens (including phenoxy) is 1. The second-order valence-corrected chi connectivity index (χ2v) is 3.03. The molecule has 2 aromatic rings. The number of thiol groups is 1. The Kier molecular flexibility index (Phi) is 2.41. The summed E-state index contributed by atoms with van der Waals surface area (Å²) in [7, 11) is 0. The number of hydrogen-bond acceptors (Lipinski definition) is 4. The van der Waals surface area contributed by atoms with Gasteiger partial charge in [-0.05, 0) is 12.1 Å². The van der Waals surface area contributed by atoms with Gasteiger partial charge in [0.2, 0.25) is 0 Å². The summed E-state index contributed by atoms with van der Waals surface area (Å²) in [6.07, 6.45) is 1.59. The third kappa shape index (κ3) is 1.72. The number of nitrogens with one attached hydrogen (secondary N) is 1. The van der Waals surface area contributed by atoms with E-state index < -0.39 is 0 Å². The summed E-state index contributed by atoms with van der Waals surface area (Å²) in [4.78, 5) is 17.9. The van der Waals surface area contributed by atoms with E-state index in [0.29, 0.717) is 5.75 Å².